The van der Waals surface area contributed by atoms with Gasteiger partial charge in [0.25, 0.3) is 0 Å². The minimum absolute atomic E-state index is 0.105. The van der Waals surface area contributed by atoms with E-state index in [1.54, 1.807) is 0 Å². The number of carboxylic acid groups (broad SMARTS) is 1. The molecule has 18 heavy (non-hydrogen) atoms. The Morgan fingerprint density at radius 1 is 1.33 bits per heavy atom. The van der Waals surface area contributed by atoms with Crippen LogP contribution in [0.15, 0.2) is 12.2 Å². The maximum Gasteiger partial charge on any atom is 0.307 e. The molecule has 3 aliphatic rings. The highest BCUT2D eigenvalue weighted by Crippen LogP contribution is 2.71. The summed E-state index contributed by atoms with van der Waals surface area (Å²) in [5.41, 5.74) is 0.309. The highest BCUT2D eigenvalue weighted by atomic mass is 16.4. The summed E-state index contributed by atoms with van der Waals surface area (Å²) < 4.78 is 0. The molecule has 3 saturated carbocycles. The monoisotopic (exact) mass is 248 g/mol. The van der Waals surface area contributed by atoms with Gasteiger partial charge in [-0.3, -0.25) is 9.59 Å². The summed E-state index contributed by atoms with van der Waals surface area (Å²) in [7, 11) is 0. The predicted molar refractivity (Wildman–Crippen MR) is 66.9 cm³/mol. The number of carboxylic acids is 1. The van der Waals surface area contributed by atoms with Crippen LogP contribution in [-0.4, -0.2) is 16.9 Å². The van der Waals surface area contributed by atoms with Crippen molar-refractivity contribution in [2.75, 3.05) is 0 Å². The van der Waals surface area contributed by atoms with Gasteiger partial charge >= 0.3 is 5.97 Å². The largest absolute Gasteiger partial charge is 0.481 e. The molecule has 3 heteroatoms. The minimum Gasteiger partial charge on any atom is -0.481 e. The number of hydrogen-bond acceptors (Lipinski definition) is 2. The molecule has 0 aromatic heterocycles. The normalized spacial score (nSPS) is 45.1. The number of carbonyl (C=O) groups excluding carboxylic acids is 1. The van der Waals surface area contributed by atoms with E-state index in [-0.39, 0.29) is 17.1 Å². The molecule has 3 aliphatic carbocycles. The molecule has 3 nitrogen and oxygen atoms in total. The van der Waals surface area contributed by atoms with Gasteiger partial charge in [0.1, 0.15) is 0 Å². The van der Waals surface area contributed by atoms with Crippen molar-refractivity contribution >= 4 is 11.8 Å². The van der Waals surface area contributed by atoms with Crippen LogP contribution in [0.3, 0.4) is 0 Å². The Labute approximate surface area is 107 Å². The second-order valence-corrected chi connectivity index (χ2v) is 6.99. The molecule has 0 unspecified atom stereocenters. The molecular formula is C15H20O3. The second kappa shape index (κ2) is 3.25. The number of carbonyl (C=O) groups is 2. The van der Waals surface area contributed by atoms with E-state index < -0.39 is 17.3 Å². The Bertz CT molecular complexity index is 462. The van der Waals surface area contributed by atoms with Crippen molar-refractivity contribution in [2.45, 2.75) is 39.5 Å². The maximum absolute atomic E-state index is 12.0. The number of ketones is 1. The SMILES string of the molecule is C=C1C(=O)C[C@H]2[C@@H]3CC[C@H](C(=O)O)[C@]12CC3(C)C. The van der Waals surface area contributed by atoms with Gasteiger partial charge in [-0.05, 0) is 42.1 Å². The molecule has 1 N–H and O–H groups in total. The first-order chi connectivity index (χ1) is 8.30. The first kappa shape index (κ1) is 11.9. The molecule has 0 saturated heterocycles. The van der Waals surface area contributed by atoms with Gasteiger partial charge in [-0.2, -0.15) is 0 Å². The van der Waals surface area contributed by atoms with Crippen LogP contribution in [0.25, 0.3) is 0 Å². The summed E-state index contributed by atoms with van der Waals surface area (Å²) in [6.45, 7) is 8.42. The quantitative estimate of drug-likeness (QED) is 0.726. The zero-order valence-corrected chi connectivity index (χ0v) is 11.0. The van der Waals surface area contributed by atoms with E-state index in [9.17, 15) is 14.7 Å². The molecule has 0 heterocycles. The molecule has 0 aromatic carbocycles. The highest BCUT2D eigenvalue weighted by molar-refractivity contribution is 6.00. The van der Waals surface area contributed by atoms with Gasteiger partial charge in [0.05, 0.1) is 5.92 Å². The summed E-state index contributed by atoms with van der Waals surface area (Å²) >= 11 is 0. The summed E-state index contributed by atoms with van der Waals surface area (Å²) in [4.78, 5) is 23.6. The van der Waals surface area contributed by atoms with E-state index in [0.717, 1.165) is 12.8 Å². The van der Waals surface area contributed by atoms with Gasteiger partial charge < -0.3 is 5.11 Å². The predicted octanol–water partition coefficient (Wildman–Crippen LogP) is 2.66. The lowest BCUT2D eigenvalue weighted by Crippen LogP contribution is -2.41. The van der Waals surface area contributed by atoms with Crippen LogP contribution in [-0.2, 0) is 9.59 Å². The van der Waals surface area contributed by atoms with E-state index in [0.29, 0.717) is 24.3 Å². The lowest BCUT2D eigenvalue weighted by Gasteiger charge is -2.41. The van der Waals surface area contributed by atoms with Gasteiger partial charge in [-0.25, -0.2) is 0 Å². The van der Waals surface area contributed by atoms with Crippen LogP contribution in [0, 0.1) is 28.6 Å². The third-order valence-electron chi connectivity index (χ3n) is 5.89. The Kier molecular flexibility index (Phi) is 2.16. The zero-order valence-electron chi connectivity index (χ0n) is 11.0. The number of hydrogen-bond donors (Lipinski definition) is 1. The molecule has 0 amide bonds. The summed E-state index contributed by atoms with van der Waals surface area (Å²) in [5.74, 6) is -0.334. The standard InChI is InChI=1S/C15H20O3/c1-8-12(16)6-11-9-4-5-10(13(17)18)15(8,11)7-14(9,2)3/h9-11H,1,4-7H2,2-3H3,(H,17,18)/t9-,10+,11-,15-/m0/s1. The maximum atomic E-state index is 12.0. The van der Waals surface area contributed by atoms with Crippen molar-refractivity contribution in [3.63, 3.8) is 0 Å². The van der Waals surface area contributed by atoms with Gasteiger partial charge in [-0.15, -0.1) is 0 Å². The molecule has 0 aliphatic heterocycles. The van der Waals surface area contributed by atoms with Crippen molar-refractivity contribution in [3.8, 4) is 0 Å². The van der Waals surface area contributed by atoms with Crippen LogP contribution in [0.4, 0.5) is 0 Å². The van der Waals surface area contributed by atoms with Crippen LogP contribution < -0.4 is 0 Å². The Balaban J connectivity index is 2.16. The first-order valence-electron chi connectivity index (χ1n) is 6.76. The number of rotatable bonds is 1. The van der Waals surface area contributed by atoms with Gasteiger partial charge in [0, 0.05) is 11.8 Å². The van der Waals surface area contributed by atoms with E-state index in [1.165, 1.54) is 0 Å². The van der Waals surface area contributed by atoms with Gasteiger partial charge in [0.2, 0.25) is 0 Å². The topological polar surface area (TPSA) is 54.4 Å². The Morgan fingerprint density at radius 2 is 2.00 bits per heavy atom. The average Bonchev–Trinajstić information content (AvgIpc) is 2.57. The highest BCUT2D eigenvalue weighted by Gasteiger charge is 2.68. The van der Waals surface area contributed by atoms with Gasteiger partial charge in [0.15, 0.2) is 5.78 Å². The first-order valence-corrected chi connectivity index (χ1v) is 6.76. The molecule has 0 aromatic rings. The number of allylic oxidation sites excluding steroid dienone is 1. The molecule has 3 rings (SSSR count). The van der Waals surface area contributed by atoms with Crippen molar-refractivity contribution in [2.24, 2.45) is 28.6 Å². The van der Waals surface area contributed by atoms with Crippen LogP contribution in [0.1, 0.15) is 39.5 Å². The molecule has 0 radical (unpaired) electrons. The van der Waals surface area contributed by atoms with Crippen molar-refractivity contribution < 1.29 is 14.7 Å². The third-order valence-corrected chi connectivity index (χ3v) is 5.89. The van der Waals surface area contributed by atoms with Crippen molar-refractivity contribution in [3.05, 3.63) is 12.2 Å². The van der Waals surface area contributed by atoms with E-state index >= 15 is 0 Å². The fraction of sp³-hybridized carbons (Fsp3) is 0.733. The molecule has 2 bridgehead atoms. The molecular weight excluding hydrogens is 228 g/mol. The van der Waals surface area contributed by atoms with Gasteiger partial charge in [-0.1, -0.05) is 20.4 Å². The summed E-state index contributed by atoms with van der Waals surface area (Å²) in [6, 6.07) is 0. The van der Waals surface area contributed by atoms with E-state index in [1.807, 2.05) is 0 Å². The summed E-state index contributed by atoms with van der Waals surface area (Å²) in [6.07, 6.45) is 2.98. The fourth-order valence-corrected chi connectivity index (χ4v) is 5.29. The molecule has 4 atom stereocenters. The average molecular weight is 248 g/mol. The number of Topliss-reactive ketones (excluding diaryl/α,β-unsaturated/α-hetero) is 1. The van der Waals surface area contributed by atoms with Crippen LogP contribution >= 0.6 is 0 Å². The summed E-state index contributed by atoms with van der Waals surface area (Å²) in [5, 5.41) is 9.52. The zero-order chi connectivity index (χ0) is 13.3. The lowest BCUT2D eigenvalue weighted by molar-refractivity contribution is -0.148. The molecule has 0 spiro atoms. The lowest BCUT2D eigenvalue weighted by atomic mass is 9.61. The minimum atomic E-state index is -0.744. The van der Waals surface area contributed by atoms with Crippen molar-refractivity contribution in [1.82, 2.24) is 0 Å². The number of aliphatic carboxylic acids is 1. The Hall–Kier alpha value is -1.12. The van der Waals surface area contributed by atoms with Crippen LogP contribution in [0.5, 0.6) is 0 Å². The fourth-order valence-electron chi connectivity index (χ4n) is 5.29. The van der Waals surface area contributed by atoms with E-state index in [4.69, 9.17) is 0 Å². The molecule has 3 fully saturated rings. The smallest absolute Gasteiger partial charge is 0.307 e. The third kappa shape index (κ3) is 1.15. The van der Waals surface area contributed by atoms with E-state index in [2.05, 4.69) is 20.4 Å². The van der Waals surface area contributed by atoms with Crippen LogP contribution in [0.2, 0.25) is 0 Å². The second-order valence-electron chi connectivity index (χ2n) is 6.99. The molecule has 98 valence electrons. The van der Waals surface area contributed by atoms with Crippen molar-refractivity contribution in [1.29, 1.82) is 0 Å². The Morgan fingerprint density at radius 3 is 2.61 bits per heavy atom.